The zero-order valence-electron chi connectivity index (χ0n) is 20.9. The summed E-state index contributed by atoms with van der Waals surface area (Å²) in [5.74, 6) is 2.51. The molecule has 186 valence electrons. The number of benzene rings is 2. The predicted octanol–water partition coefficient (Wildman–Crippen LogP) is 4.37. The van der Waals surface area contributed by atoms with Crippen molar-refractivity contribution in [3.05, 3.63) is 59.5 Å². The van der Waals surface area contributed by atoms with E-state index in [4.69, 9.17) is 14.0 Å². The van der Waals surface area contributed by atoms with Gasteiger partial charge in [0.05, 0.1) is 25.7 Å². The average Bonchev–Trinajstić information content (AvgIpc) is 3.31. The van der Waals surface area contributed by atoms with E-state index in [1.54, 1.807) is 7.11 Å². The van der Waals surface area contributed by atoms with Gasteiger partial charge < -0.3 is 19.3 Å². The van der Waals surface area contributed by atoms with Crippen molar-refractivity contribution in [3.8, 4) is 22.9 Å². The number of nitrogens with zero attached hydrogens (tertiary/aromatic N) is 3. The van der Waals surface area contributed by atoms with Gasteiger partial charge >= 0.3 is 0 Å². The molecule has 3 aromatic rings. The number of amides is 1. The summed E-state index contributed by atoms with van der Waals surface area (Å²) in [6.07, 6.45) is 1.88. The van der Waals surface area contributed by atoms with Crippen LogP contribution in [-0.2, 0) is 17.9 Å². The number of aryl methyl sites for hydroxylation is 1. The molecule has 0 radical (unpaired) electrons. The van der Waals surface area contributed by atoms with E-state index in [1.165, 1.54) is 0 Å². The molecule has 2 aromatic carbocycles. The van der Waals surface area contributed by atoms with Crippen molar-refractivity contribution in [2.24, 2.45) is 5.92 Å². The summed E-state index contributed by atoms with van der Waals surface area (Å²) in [7, 11) is 1.62. The molecule has 1 aliphatic heterocycles. The molecule has 8 heteroatoms. The lowest BCUT2D eigenvalue weighted by Gasteiger charge is -2.30. The van der Waals surface area contributed by atoms with Crippen LogP contribution >= 0.6 is 0 Å². The molecular formula is C27H34N4O4. The fraction of sp³-hybridized carbons (Fsp3) is 0.444. The van der Waals surface area contributed by atoms with Crippen LogP contribution < -0.4 is 14.8 Å². The van der Waals surface area contributed by atoms with E-state index in [0.717, 1.165) is 36.1 Å². The number of piperidine rings is 1. The van der Waals surface area contributed by atoms with Gasteiger partial charge in [0.15, 0.2) is 11.5 Å². The highest BCUT2D eigenvalue weighted by molar-refractivity contribution is 5.79. The first-order valence-electron chi connectivity index (χ1n) is 12.1. The summed E-state index contributed by atoms with van der Waals surface area (Å²) >= 11 is 0. The standard InChI is InChI=1S/C27H34N4O4/c1-18(2)34-23-11-10-20(14-24(23)33-4)15-28-27(32)22-9-6-12-31(16-22)17-25-29-26(30-35-25)21-8-5-7-19(3)13-21/h5,7-8,10-11,13-14,18,22H,6,9,12,15-17H2,1-4H3,(H,28,32). The maximum atomic E-state index is 12.9. The van der Waals surface area contributed by atoms with Gasteiger partial charge in [-0.25, -0.2) is 0 Å². The van der Waals surface area contributed by atoms with Gasteiger partial charge in [-0.3, -0.25) is 9.69 Å². The van der Waals surface area contributed by atoms with Gasteiger partial charge in [-0.05, 0) is 63.9 Å². The Hall–Kier alpha value is -3.39. The fourth-order valence-corrected chi connectivity index (χ4v) is 4.33. The molecule has 2 heterocycles. The summed E-state index contributed by atoms with van der Waals surface area (Å²) in [6, 6.07) is 13.8. The number of rotatable bonds is 9. The van der Waals surface area contributed by atoms with Crippen molar-refractivity contribution in [1.29, 1.82) is 0 Å². The van der Waals surface area contributed by atoms with E-state index in [2.05, 4.69) is 20.4 Å². The zero-order chi connectivity index (χ0) is 24.8. The van der Waals surface area contributed by atoms with Gasteiger partial charge in [-0.15, -0.1) is 0 Å². The first-order valence-corrected chi connectivity index (χ1v) is 12.1. The second-order valence-corrected chi connectivity index (χ2v) is 9.33. The van der Waals surface area contributed by atoms with Crippen LogP contribution in [0.4, 0.5) is 0 Å². The fourth-order valence-electron chi connectivity index (χ4n) is 4.33. The summed E-state index contributed by atoms with van der Waals surface area (Å²) in [6.45, 7) is 8.54. The van der Waals surface area contributed by atoms with Crippen LogP contribution in [0.15, 0.2) is 47.0 Å². The van der Waals surface area contributed by atoms with Crippen LogP contribution in [0.3, 0.4) is 0 Å². The van der Waals surface area contributed by atoms with E-state index in [0.29, 0.717) is 42.8 Å². The lowest BCUT2D eigenvalue weighted by Crippen LogP contribution is -2.42. The van der Waals surface area contributed by atoms with E-state index < -0.39 is 0 Å². The quantitative estimate of drug-likeness (QED) is 0.488. The van der Waals surface area contributed by atoms with Crippen molar-refractivity contribution < 1.29 is 18.8 Å². The van der Waals surface area contributed by atoms with Crippen molar-refractivity contribution in [1.82, 2.24) is 20.4 Å². The molecule has 1 fully saturated rings. The Labute approximate surface area is 206 Å². The van der Waals surface area contributed by atoms with Gasteiger partial charge in [-0.2, -0.15) is 4.98 Å². The van der Waals surface area contributed by atoms with Crippen LogP contribution in [0.25, 0.3) is 11.4 Å². The van der Waals surface area contributed by atoms with Gasteiger partial charge in [-0.1, -0.05) is 35.0 Å². The largest absolute Gasteiger partial charge is 0.493 e. The van der Waals surface area contributed by atoms with Crippen LogP contribution in [0, 0.1) is 12.8 Å². The monoisotopic (exact) mass is 478 g/mol. The highest BCUT2D eigenvalue weighted by atomic mass is 16.5. The van der Waals surface area contributed by atoms with Gasteiger partial charge in [0.2, 0.25) is 17.6 Å². The first kappa shape index (κ1) is 24.7. The highest BCUT2D eigenvalue weighted by Crippen LogP contribution is 2.29. The number of nitrogens with one attached hydrogen (secondary N) is 1. The first-order chi connectivity index (χ1) is 16.9. The second kappa shape index (κ2) is 11.4. The number of likely N-dealkylation sites (tertiary alicyclic amines) is 1. The Morgan fingerprint density at radius 1 is 1.23 bits per heavy atom. The summed E-state index contributed by atoms with van der Waals surface area (Å²) in [5, 5.41) is 7.22. The van der Waals surface area contributed by atoms with E-state index >= 15 is 0 Å². The SMILES string of the molecule is COc1cc(CNC(=O)C2CCCN(Cc3nc(-c4cccc(C)c4)no3)C2)ccc1OC(C)C. The Morgan fingerprint density at radius 3 is 2.86 bits per heavy atom. The van der Waals surface area contributed by atoms with Gasteiger partial charge in [0.1, 0.15) is 0 Å². The van der Waals surface area contributed by atoms with Gasteiger partial charge in [0, 0.05) is 18.7 Å². The third-order valence-corrected chi connectivity index (χ3v) is 6.04. The van der Waals surface area contributed by atoms with E-state index in [1.807, 2.05) is 63.2 Å². The molecule has 0 bridgehead atoms. The normalized spacial score (nSPS) is 16.3. The molecule has 1 aromatic heterocycles. The van der Waals surface area contributed by atoms with Crippen molar-refractivity contribution in [3.63, 3.8) is 0 Å². The maximum absolute atomic E-state index is 12.9. The maximum Gasteiger partial charge on any atom is 0.241 e. The number of aromatic nitrogens is 2. The minimum atomic E-state index is -0.0756. The molecule has 1 unspecified atom stereocenters. The average molecular weight is 479 g/mol. The third kappa shape index (κ3) is 6.60. The molecule has 0 spiro atoms. The molecule has 35 heavy (non-hydrogen) atoms. The Balaban J connectivity index is 1.31. The van der Waals surface area contributed by atoms with E-state index in [9.17, 15) is 4.79 Å². The molecule has 0 aliphatic carbocycles. The van der Waals surface area contributed by atoms with Crippen LogP contribution in [0.5, 0.6) is 11.5 Å². The number of hydrogen-bond donors (Lipinski definition) is 1. The smallest absolute Gasteiger partial charge is 0.241 e. The molecule has 1 amide bonds. The molecule has 1 aliphatic rings. The predicted molar refractivity (Wildman–Crippen MR) is 133 cm³/mol. The topological polar surface area (TPSA) is 89.7 Å². The molecule has 1 atom stereocenters. The molecule has 8 nitrogen and oxygen atoms in total. The number of hydrogen-bond acceptors (Lipinski definition) is 7. The summed E-state index contributed by atoms with van der Waals surface area (Å²) in [4.78, 5) is 19.7. The Kier molecular flexibility index (Phi) is 8.02. The van der Waals surface area contributed by atoms with Crippen LogP contribution in [-0.4, -0.2) is 47.3 Å². The van der Waals surface area contributed by atoms with Crippen LogP contribution in [0.2, 0.25) is 0 Å². The summed E-state index contributed by atoms with van der Waals surface area (Å²) in [5.41, 5.74) is 3.06. The minimum absolute atomic E-state index is 0.0575. The molecular weight excluding hydrogens is 444 g/mol. The number of carbonyl (C=O) groups is 1. The number of methoxy groups -OCH3 is 1. The zero-order valence-corrected chi connectivity index (χ0v) is 20.9. The summed E-state index contributed by atoms with van der Waals surface area (Å²) < 4.78 is 16.7. The minimum Gasteiger partial charge on any atom is -0.493 e. The lowest BCUT2D eigenvalue weighted by atomic mass is 9.97. The number of ether oxygens (including phenoxy) is 2. The second-order valence-electron chi connectivity index (χ2n) is 9.33. The molecule has 1 saturated heterocycles. The van der Waals surface area contributed by atoms with Crippen molar-refractivity contribution in [2.75, 3.05) is 20.2 Å². The van der Waals surface area contributed by atoms with Crippen LogP contribution in [0.1, 0.15) is 43.7 Å². The molecule has 0 saturated carbocycles. The third-order valence-electron chi connectivity index (χ3n) is 6.04. The molecule has 4 rings (SSSR count). The highest BCUT2D eigenvalue weighted by Gasteiger charge is 2.27. The van der Waals surface area contributed by atoms with Gasteiger partial charge in [0.25, 0.3) is 0 Å². The van der Waals surface area contributed by atoms with Crippen molar-refractivity contribution in [2.45, 2.75) is 52.8 Å². The lowest BCUT2D eigenvalue weighted by molar-refractivity contribution is -0.127. The Bertz CT molecular complexity index is 1140. The Morgan fingerprint density at radius 2 is 2.09 bits per heavy atom. The van der Waals surface area contributed by atoms with Crippen molar-refractivity contribution >= 4 is 5.91 Å². The number of carbonyl (C=O) groups excluding carboxylic acids is 1. The molecule has 1 N–H and O–H groups in total. The van der Waals surface area contributed by atoms with E-state index in [-0.39, 0.29) is 17.9 Å².